The third-order valence-electron chi connectivity index (χ3n) is 3.25. The van der Waals surface area contributed by atoms with Crippen molar-refractivity contribution in [2.75, 3.05) is 6.54 Å². The molecular weight excluding hydrogens is 170 g/mol. The van der Waals surface area contributed by atoms with E-state index < -0.39 is 0 Å². The molecule has 0 amide bonds. The zero-order valence-corrected chi connectivity index (χ0v) is 10.8. The fourth-order valence-electron chi connectivity index (χ4n) is 2.04. The second kappa shape index (κ2) is 8.28. The molecule has 0 aliphatic carbocycles. The Kier molecular flexibility index (Phi) is 8.26. The monoisotopic (exact) mass is 199 g/mol. The molecule has 14 heavy (non-hydrogen) atoms. The molecule has 0 aromatic carbocycles. The molecule has 0 radical (unpaired) electrons. The zero-order valence-electron chi connectivity index (χ0n) is 10.8. The zero-order chi connectivity index (χ0) is 11.0. The maximum atomic E-state index is 3.65. The van der Waals surface area contributed by atoms with Gasteiger partial charge in [-0.1, -0.05) is 41.0 Å². The summed E-state index contributed by atoms with van der Waals surface area (Å²) in [7, 11) is 0. The maximum absolute atomic E-state index is 3.65. The van der Waals surface area contributed by atoms with Crippen molar-refractivity contribution in [3.8, 4) is 0 Å². The highest BCUT2D eigenvalue weighted by Gasteiger charge is 2.16. The molecule has 86 valence electrons. The van der Waals surface area contributed by atoms with Crippen molar-refractivity contribution in [2.45, 2.75) is 66.3 Å². The average molecular weight is 199 g/mol. The van der Waals surface area contributed by atoms with Crippen molar-refractivity contribution < 1.29 is 0 Å². The molecule has 0 bridgehead atoms. The second-order valence-electron chi connectivity index (χ2n) is 4.70. The number of rotatable bonds is 8. The molecule has 0 saturated heterocycles. The van der Waals surface area contributed by atoms with Crippen LogP contribution in [0.25, 0.3) is 0 Å². The van der Waals surface area contributed by atoms with Crippen LogP contribution < -0.4 is 5.32 Å². The van der Waals surface area contributed by atoms with E-state index in [1.54, 1.807) is 0 Å². The Morgan fingerprint density at radius 1 is 1.00 bits per heavy atom. The first kappa shape index (κ1) is 14.0. The lowest BCUT2D eigenvalue weighted by atomic mass is 9.88. The highest BCUT2D eigenvalue weighted by molar-refractivity contribution is 4.73. The van der Waals surface area contributed by atoms with Gasteiger partial charge in [0.2, 0.25) is 0 Å². The summed E-state index contributed by atoms with van der Waals surface area (Å²) in [6.07, 6.45) is 5.18. The number of hydrogen-bond acceptors (Lipinski definition) is 1. The maximum Gasteiger partial charge on any atom is 0.00901 e. The molecule has 1 heteroatoms. The predicted molar refractivity (Wildman–Crippen MR) is 65.6 cm³/mol. The number of nitrogens with one attached hydrogen (secondary N) is 1. The molecule has 0 fully saturated rings. The molecule has 3 unspecified atom stereocenters. The summed E-state index contributed by atoms with van der Waals surface area (Å²) in [6.45, 7) is 12.7. The van der Waals surface area contributed by atoms with E-state index >= 15 is 0 Å². The van der Waals surface area contributed by atoms with Gasteiger partial charge in [-0.3, -0.25) is 0 Å². The molecule has 3 atom stereocenters. The minimum atomic E-state index is 0.726. The summed E-state index contributed by atoms with van der Waals surface area (Å²) in [5.41, 5.74) is 0. The van der Waals surface area contributed by atoms with Gasteiger partial charge in [0.1, 0.15) is 0 Å². The average Bonchev–Trinajstić information content (AvgIpc) is 2.18. The van der Waals surface area contributed by atoms with Crippen molar-refractivity contribution in [3.05, 3.63) is 0 Å². The van der Waals surface area contributed by atoms with Gasteiger partial charge in [-0.05, 0) is 37.6 Å². The third-order valence-corrected chi connectivity index (χ3v) is 3.25. The van der Waals surface area contributed by atoms with Gasteiger partial charge in [-0.2, -0.15) is 0 Å². The van der Waals surface area contributed by atoms with Crippen LogP contribution in [0.3, 0.4) is 0 Å². The van der Waals surface area contributed by atoms with Gasteiger partial charge in [-0.15, -0.1) is 0 Å². The Balaban J connectivity index is 3.83. The normalized spacial score (nSPS) is 17.8. The summed E-state index contributed by atoms with van der Waals surface area (Å²) >= 11 is 0. The molecule has 0 aliphatic rings. The topological polar surface area (TPSA) is 12.0 Å². The molecule has 0 saturated carbocycles. The van der Waals surface area contributed by atoms with Crippen molar-refractivity contribution in [3.63, 3.8) is 0 Å². The summed E-state index contributed by atoms with van der Waals surface area (Å²) in [4.78, 5) is 0. The Morgan fingerprint density at radius 3 is 2.07 bits per heavy atom. The lowest BCUT2D eigenvalue weighted by molar-refractivity contribution is 0.304. The smallest absolute Gasteiger partial charge is 0.00901 e. The van der Waals surface area contributed by atoms with E-state index in [2.05, 4.69) is 39.9 Å². The van der Waals surface area contributed by atoms with Crippen LogP contribution in [0.5, 0.6) is 0 Å². The van der Waals surface area contributed by atoms with Crippen molar-refractivity contribution in [2.24, 2.45) is 11.8 Å². The van der Waals surface area contributed by atoms with E-state index in [1.165, 1.54) is 32.2 Å². The van der Waals surface area contributed by atoms with E-state index in [0.29, 0.717) is 0 Å². The minimum absolute atomic E-state index is 0.726. The molecular formula is C13H29N. The van der Waals surface area contributed by atoms with Gasteiger partial charge in [0.15, 0.2) is 0 Å². The van der Waals surface area contributed by atoms with Crippen molar-refractivity contribution in [1.29, 1.82) is 0 Å². The van der Waals surface area contributed by atoms with E-state index in [1.807, 2.05) is 0 Å². The van der Waals surface area contributed by atoms with E-state index in [4.69, 9.17) is 0 Å². The first-order valence-corrected chi connectivity index (χ1v) is 6.38. The Hall–Kier alpha value is -0.0400. The molecule has 0 rings (SSSR count). The van der Waals surface area contributed by atoms with Crippen LogP contribution in [0.15, 0.2) is 0 Å². The first-order chi connectivity index (χ1) is 6.65. The largest absolute Gasteiger partial charge is 0.314 e. The van der Waals surface area contributed by atoms with Crippen molar-refractivity contribution >= 4 is 0 Å². The molecule has 0 aromatic heterocycles. The molecule has 0 heterocycles. The highest BCUT2D eigenvalue weighted by atomic mass is 14.9. The Bertz CT molecular complexity index is 122. The van der Waals surface area contributed by atoms with Crippen LogP contribution in [0.2, 0.25) is 0 Å². The van der Waals surface area contributed by atoms with Gasteiger partial charge in [0.05, 0.1) is 0 Å². The van der Waals surface area contributed by atoms with E-state index in [-0.39, 0.29) is 0 Å². The fraction of sp³-hybridized carbons (Fsp3) is 1.00. The third kappa shape index (κ3) is 5.64. The van der Waals surface area contributed by atoms with Gasteiger partial charge >= 0.3 is 0 Å². The summed E-state index contributed by atoms with van der Waals surface area (Å²) in [5, 5.41) is 3.65. The molecule has 0 spiro atoms. The van der Waals surface area contributed by atoms with Crippen LogP contribution in [0.1, 0.15) is 60.3 Å². The minimum Gasteiger partial charge on any atom is -0.314 e. The van der Waals surface area contributed by atoms with Crippen LogP contribution in [-0.4, -0.2) is 12.6 Å². The van der Waals surface area contributed by atoms with E-state index in [9.17, 15) is 0 Å². The Labute approximate surface area is 90.7 Å². The van der Waals surface area contributed by atoms with Gasteiger partial charge in [-0.25, -0.2) is 0 Å². The first-order valence-electron chi connectivity index (χ1n) is 6.38. The number of hydrogen-bond donors (Lipinski definition) is 1. The molecule has 1 nitrogen and oxygen atoms in total. The van der Waals surface area contributed by atoms with Crippen LogP contribution in [0.4, 0.5) is 0 Å². The van der Waals surface area contributed by atoms with Crippen LogP contribution in [-0.2, 0) is 0 Å². The van der Waals surface area contributed by atoms with Crippen LogP contribution >= 0.6 is 0 Å². The predicted octanol–water partition coefficient (Wildman–Crippen LogP) is 3.84. The lowest BCUT2D eigenvalue weighted by Gasteiger charge is -2.26. The molecule has 0 aliphatic heterocycles. The SMILES string of the molecule is CCCNC(CC)C(C)CC(C)CC. The summed E-state index contributed by atoms with van der Waals surface area (Å²) < 4.78 is 0. The van der Waals surface area contributed by atoms with Crippen LogP contribution in [0, 0.1) is 11.8 Å². The molecule has 1 N–H and O–H groups in total. The highest BCUT2D eigenvalue weighted by Crippen LogP contribution is 2.19. The second-order valence-corrected chi connectivity index (χ2v) is 4.70. The summed E-state index contributed by atoms with van der Waals surface area (Å²) in [5.74, 6) is 1.70. The standard InChI is InChI=1S/C13H29N/c1-6-9-14-13(8-3)12(5)10-11(4)7-2/h11-14H,6-10H2,1-5H3. The fourth-order valence-corrected chi connectivity index (χ4v) is 2.04. The van der Waals surface area contributed by atoms with Gasteiger partial charge < -0.3 is 5.32 Å². The summed E-state index contributed by atoms with van der Waals surface area (Å²) in [6, 6.07) is 0.726. The van der Waals surface area contributed by atoms with Gasteiger partial charge in [0.25, 0.3) is 0 Å². The quantitative estimate of drug-likeness (QED) is 0.626. The molecule has 0 aromatic rings. The van der Waals surface area contributed by atoms with E-state index in [0.717, 1.165) is 17.9 Å². The Morgan fingerprint density at radius 2 is 1.64 bits per heavy atom. The lowest BCUT2D eigenvalue weighted by Crippen LogP contribution is -2.35. The van der Waals surface area contributed by atoms with Gasteiger partial charge in [0, 0.05) is 6.04 Å². The van der Waals surface area contributed by atoms with Crippen molar-refractivity contribution in [1.82, 2.24) is 5.32 Å².